The summed E-state index contributed by atoms with van der Waals surface area (Å²) in [4.78, 5) is 24.6. The van der Waals surface area contributed by atoms with E-state index in [0.717, 1.165) is 70.6 Å². The van der Waals surface area contributed by atoms with Crippen LogP contribution in [-0.4, -0.2) is 47.4 Å². The molecule has 3 N–H and O–H groups in total. The number of unbranched alkanes of at least 4 members (excludes halogenated alkanes) is 47. The molecular weight excluding hydrogens is 875 g/mol. The highest BCUT2D eigenvalue weighted by atomic mass is 16.5. The van der Waals surface area contributed by atoms with Gasteiger partial charge in [0.15, 0.2) is 0 Å². The Hall–Kier alpha value is -1.66. The highest BCUT2D eigenvalue weighted by Crippen LogP contribution is 2.18. The largest absolute Gasteiger partial charge is 0.466 e. The van der Waals surface area contributed by atoms with E-state index in [-0.39, 0.29) is 18.5 Å². The minimum Gasteiger partial charge on any atom is -0.466 e. The number of rotatable bonds is 60. The van der Waals surface area contributed by atoms with Gasteiger partial charge in [-0.3, -0.25) is 9.59 Å². The Morgan fingerprint density at radius 1 is 0.380 bits per heavy atom. The summed E-state index contributed by atoms with van der Waals surface area (Å²) in [6, 6.07) is -0.649. The molecular formula is C65H125NO5. The van der Waals surface area contributed by atoms with Crippen molar-refractivity contribution in [3.8, 4) is 0 Å². The van der Waals surface area contributed by atoms with Gasteiger partial charge in [0.25, 0.3) is 0 Å². The van der Waals surface area contributed by atoms with Gasteiger partial charge in [0.2, 0.25) is 5.91 Å². The van der Waals surface area contributed by atoms with Crippen LogP contribution in [0.25, 0.3) is 0 Å². The first-order chi connectivity index (χ1) is 35.0. The van der Waals surface area contributed by atoms with Gasteiger partial charge in [-0.1, -0.05) is 308 Å². The highest BCUT2D eigenvalue weighted by Gasteiger charge is 2.18. The van der Waals surface area contributed by atoms with Gasteiger partial charge in [-0.05, 0) is 57.8 Å². The van der Waals surface area contributed by atoms with E-state index in [4.69, 9.17) is 4.74 Å². The van der Waals surface area contributed by atoms with Crippen LogP contribution in [0, 0.1) is 0 Å². The number of hydrogen-bond acceptors (Lipinski definition) is 5. The molecule has 0 aromatic heterocycles. The summed E-state index contributed by atoms with van der Waals surface area (Å²) in [5.74, 6) is -0.103. The lowest BCUT2D eigenvalue weighted by Crippen LogP contribution is -2.45. The molecule has 0 aliphatic rings. The number of ether oxygens (including phenoxy) is 1. The molecule has 0 aromatic carbocycles. The standard InChI is InChI=1S/C65H125NO5/c1-3-5-7-9-11-13-15-17-19-21-23-24-25-27-28-30-33-37-41-45-49-53-57-63(68)62(61-67)66-64(69)58-54-50-46-42-38-34-32-36-40-44-48-52-56-60-71-65(70)59-55-51-47-43-39-35-31-29-26-22-20-18-16-14-12-10-8-6-4-2/h34,38,53,57,62-63,67-68H,3-33,35-37,39-52,54-56,58-61H2,1-2H3,(H,66,69)/b38-34-,57-53+. The van der Waals surface area contributed by atoms with Crippen LogP contribution in [0.15, 0.2) is 24.3 Å². The van der Waals surface area contributed by atoms with E-state index in [9.17, 15) is 19.8 Å². The normalized spacial score (nSPS) is 12.7. The molecule has 0 aromatic rings. The number of amides is 1. The molecule has 6 nitrogen and oxygen atoms in total. The predicted octanol–water partition coefficient (Wildman–Crippen LogP) is 20.2. The number of hydrogen-bond donors (Lipinski definition) is 3. The highest BCUT2D eigenvalue weighted by molar-refractivity contribution is 5.76. The molecule has 0 rings (SSSR count). The van der Waals surface area contributed by atoms with Crippen molar-refractivity contribution in [3.63, 3.8) is 0 Å². The van der Waals surface area contributed by atoms with Crippen molar-refractivity contribution in [1.29, 1.82) is 0 Å². The molecule has 0 saturated carbocycles. The first-order valence-corrected chi connectivity index (χ1v) is 32.1. The second-order valence-electron chi connectivity index (χ2n) is 22.1. The van der Waals surface area contributed by atoms with Crippen molar-refractivity contribution in [3.05, 3.63) is 24.3 Å². The maximum Gasteiger partial charge on any atom is 0.305 e. The summed E-state index contributed by atoms with van der Waals surface area (Å²) < 4.78 is 5.49. The number of carbonyl (C=O) groups excluding carboxylic acids is 2. The van der Waals surface area contributed by atoms with Crippen LogP contribution in [0.4, 0.5) is 0 Å². The van der Waals surface area contributed by atoms with E-state index < -0.39 is 12.1 Å². The SMILES string of the molecule is CCCCCCCCCCCCCCCCCCCCCC/C=C/C(O)C(CO)NC(=O)CCCCC/C=C\CCCCCCCCOC(=O)CCCCCCCCCCCCCCCCCCCCC. The maximum atomic E-state index is 12.5. The summed E-state index contributed by atoms with van der Waals surface area (Å²) in [5, 5.41) is 23.2. The fourth-order valence-corrected chi connectivity index (χ4v) is 10.0. The summed E-state index contributed by atoms with van der Waals surface area (Å²) in [6.45, 7) is 4.90. The van der Waals surface area contributed by atoms with E-state index >= 15 is 0 Å². The summed E-state index contributed by atoms with van der Waals surface area (Å²) in [6.07, 6.45) is 75.1. The number of esters is 1. The summed E-state index contributed by atoms with van der Waals surface area (Å²) in [5.41, 5.74) is 0. The Bertz CT molecular complexity index is 1110. The van der Waals surface area contributed by atoms with Crippen molar-refractivity contribution in [1.82, 2.24) is 5.32 Å². The van der Waals surface area contributed by atoms with Crippen LogP contribution < -0.4 is 5.32 Å². The Morgan fingerprint density at radius 3 is 1.01 bits per heavy atom. The number of carbonyl (C=O) groups is 2. The van der Waals surface area contributed by atoms with Crippen LogP contribution in [0.5, 0.6) is 0 Å². The van der Waals surface area contributed by atoms with E-state index in [0.29, 0.717) is 19.4 Å². The first-order valence-electron chi connectivity index (χ1n) is 32.1. The molecule has 0 aliphatic carbocycles. The molecule has 1 amide bonds. The molecule has 2 atom stereocenters. The summed E-state index contributed by atoms with van der Waals surface area (Å²) >= 11 is 0. The van der Waals surface area contributed by atoms with Crippen molar-refractivity contribution in [2.75, 3.05) is 13.2 Å². The van der Waals surface area contributed by atoms with Crippen molar-refractivity contribution in [2.24, 2.45) is 0 Å². The molecule has 0 radical (unpaired) electrons. The molecule has 420 valence electrons. The molecule has 6 heteroatoms. The second-order valence-corrected chi connectivity index (χ2v) is 22.1. The number of allylic oxidation sites excluding steroid dienone is 3. The zero-order valence-corrected chi connectivity index (χ0v) is 48.0. The second kappa shape index (κ2) is 60.9. The third kappa shape index (κ3) is 57.5. The molecule has 0 aliphatic heterocycles. The molecule has 2 unspecified atom stereocenters. The Balaban J connectivity index is 3.49. The minimum atomic E-state index is -0.862. The molecule has 71 heavy (non-hydrogen) atoms. The molecule has 0 saturated heterocycles. The zero-order valence-electron chi connectivity index (χ0n) is 48.0. The van der Waals surface area contributed by atoms with Crippen LogP contribution >= 0.6 is 0 Å². The van der Waals surface area contributed by atoms with Crippen molar-refractivity contribution < 1.29 is 24.5 Å². The third-order valence-electron chi connectivity index (χ3n) is 15.0. The van der Waals surface area contributed by atoms with E-state index in [1.807, 2.05) is 6.08 Å². The van der Waals surface area contributed by atoms with Gasteiger partial charge in [0.05, 0.1) is 25.4 Å². The van der Waals surface area contributed by atoms with Gasteiger partial charge < -0.3 is 20.3 Å². The number of aliphatic hydroxyl groups excluding tert-OH is 2. The summed E-state index contributed by atoms with van der Waals surface area (Å²) in [7, 11) is 0. The predicted molar refractivity (Wildman–Crippen MR) is 310 cm³/mol. The van der Waals surface area contributed by atoms with Crippen molar-refractivity contribution >= 4 is 11.9 Å². The Labute approximate surface area is 443 Å². The lowest BCUT2D eigenvalue weighted by Gasteiger charge is -2.19. The van der Waals surface area contributed by atoms with Gasteiger partial charge in [0.1, 0.15) is 0 Å². The van der Waals surface area contributed by atoms with E-state index in [1.54, 1.807) is 6.08 Å². The first kappa shape index (κ1) is 69.3. The Morgan fingerprint density at radius 2 is 0.662 bits per heavy atom. The topological polar surface area (TPSA) is 95.9 Å². The third-order valence-corrected chi connectivity index (χ3v) is 15.0. The van der Waals surface area contributed by atoms with Crippen LogP contribution in [-0.2, 0) is 14.3 Å². The smallest absolute Gasteiger partial charge is 0.305 e. The van der Waals surface area contributed by atoms with Gasteiger partial charge >= 0.3 is 5.97 Å². The maximum absolute atomic E-state index is 12.5. The Kier molecular flexibility index (Phi) is 59.5. The minimum absolute atomic E-state index is 0.00841. The quantitative estimate of drug-likeness (QED) is 0.0320. The molecule has 0 fully saturated rings. The zero-order chi connectivity index (χ0) is 51.4. The van der Waals surface area contributed by atoms with Crippen LogP contribution in [0.3, 0.4) is 0 Å². The number of aliphatic hydroxyl groups is 2. The average molecular weight is 1000 g/mol. The lowest BCUT2D eigenvalue weighted by atomic mass is 10.0. The van der Waals surface area contributed by atoms with E-state index in [1.165, 1.54) is 257 Å². The fourth-order valence-electron chi connectivity index (χ4n) is 10.0. The fraction of sp³-hybridized carbons (Fsp3) is 0.908. The van der Waals surface area contributed by atoms with Gasteiger partial charge in [0, 0.05) is 12.8 Å². The van der Waals surface area contributed by atoms with Gasteiger partial charge in [-0.25, -0.2) is 0 Å². The number of nitrogens with one attached hydrogen (secondary N) is 1. The monoisotopic (exact) mass is 1000 g/mol. The van der Waals surface area contributed by atoms with Gasteiger partial charge in [-0.2, -0.15) is 0 Å². The average Bonchev–Trinajstić information content (AvgIpc) is 3.37. The van der Waals surface area contributed by atoms with E-state index in [2.05, 4.69) is 31.3 Å². The molecule has 0 bridgehead atoms. The van der Waals surface area contributed by atoms with Crippen molar-refractivity contribution in [2.45, 2.75) is 366 Å². The van der Waals surface area contributed by atoms with Crippen LogP contribution in [0.2, 0.25) is 0 Å². The molecule has 0 heterocycles. The van der Waals surface area contributed by atoms with Gasteiger partial charge in [-0.15, -0.1) is 0 Å². The lowest BCUT2D eigenvalue weighted by molar-refractivity contribution is -0.143. The molecule has 0 spiro atoms. The van der Waals surface area contributed by atoms with Crippen LogP contribution in [0.1, 0.15) is 354 Å².